The second-order valence-electron chi connectivity index (χ2n) is 5.00. The lowest BCUT2D eigenvalue weighted by Crippen LogP contribution is -2.28. The number of carboxylic acids is 1. The third-order valence-electron chi connectivity index (χ3n) is 3.21. The first kappa shape index (κ1) is 17.4. The van der Waals surface area contributed by atoms with Crippen LogP contribution in [0.3, 0.4) is 0 Å². The number of anilines is 1. The van der Waals surface area contributed by atoms with Gasteiger partial charge < -0.3 is 10.0 Å². The molecule has 1 aliphatic heterocycles. The maximum absolute atomic E-state index is 12.1. The topological polar surface area (TPSA) is 118 Å². The smallest absolute Gasteiger partial charge is 0.335 e. The molecule has 0 spiro atoms. The molecule has 120 valence electrons. The first-order chi connectivity index (χ1) is 10.1. The molecule has 1 amide bonds. The summed E-state index contributed by atoms with van der Waals surface area (Å²) in [5.74, 6) is -1.98. The van der Waals surface area contributed by atoms with Crippen molar-refractivity contribution in [2.45, 2.75) is 6.42 Å². The minimum atomic E-state index is -3.65. The fraction of sp³-hybridized carbons (Fsp3) is 0.333. The van der Waals surface area contributed by atoms with Crippen LogP contribution in [-0.2, 0) is 14.8 Å². The standard InChI is InChI=1S/C12H12Br2N2O5S/c13-8-2-7(12(18)19)3-9(14)11(8)16-4-6(1-10(16)17)5-22(15,20)21/h2-3,6H,1,4-5H2,(H,18,19)(H2,15,20,21). The molecule has 0 aliphatic carbocycles. The number of carbonyl (C=O) groups is 2. The number of halogens is 2. The van der Waals surface area contributed by atoms with E-state index in [9.17, 15) is 18.0 Å². The Balaban J connectivity index is 2.33. The van der Waals surface area contributed by atoms with Crippen LogP contribution in [0.1, 0.15) is 16.8 Å². The second-order valence-corrected chi connectivity index (χ2v) is 8.37. The molecule has 7 nitrogen and oxygen atoms in total. The van der Waals surface area contributed by atoms with Crippen LogP contribution in [0.15, 0.2) is 21.1 Å². The number of hydrogen-bond acceptors (Lipinski definition) is 4. The van der Waals surface area contributed by atoms with Gasteiger partial charge in [0.1, 0.15) is 0 Å². The van der Waals surface area contributed by atoms with E-state index in [1.807, 2.05) is 0 Å². The Kier molecular flexibility index (Phi) is 4.95. The van der Waals surface area contributed by atoms with E-state index in [0.29, 0.717) is 14.6 Å². The maximum Gasteiger partial charge on any atom is 0.335 e. The third kappa shape index (κ3) is 3.86. The monoisotopic (exact) mass is 454 g/mol. The van der Waals surface area contributed by atoms with Gasteiger partial charge in [-0.1, -0.05) is 0 Å². The highest BCUT2D eigenvalue weighted by atomic mass is 79.9. The lowest BCUT2D eigenvalue weighted by Gasteiger charge is -2.20. The summed E-state index contributed by atoms with van der Waals surface area (Å²) >= 11 is 6.51. The largest absolute Gasteiger partial charge is 0.478 e. The minimum Gasteiger partial charge on any atom is -0.478 e. The SMILES string of the molecule is NS(=O)(=O)CC1CC(=O)N(c2c(Br)cc(C(=O)O)cc2Br)C1. The molecular weight excluding hydrogens is 444 g/mol. The van der Waals surface area contributed by atoms with Crippen LogP contribution in [0, 0.1) is 5.92 Å². The van der Waals surface area contributed by atoms with E-state index >= 15 is 0 Å². The molecule has 10 heteroatoms. The molecule has 1 fully saturated rings. The van der Waals surface area contributed by atoms with E-state index in [4.69, 9.17) is 10.2 Å². The van der Waals surface area contributed by atoms with E-state index < -0.39 is 16.0 Å². The molecule has 1 aromatic carbocycles. The molecule has 1 heterocycles. The van der Waals surface area contributed by atoms with Gasteiger partial charge in [0.15, 0.2) is 0 Å². The molecule has 1 aliphatic rings. The highest BCUT2D eigenvalue weighted by Gasteiger charge is 2.34. The van der Waals surface area contributed by atoms with Gasteiger partial charge in [-0.05, 0) is 44.0 Å². The average molecular weight is 456 g/mol. The molecule has 0 radical (unpaired) electrons. The molecule has 1 unspecified atom stereocenters. The number of nitrogens with zero attached hydrogens (tertiary/aromatic N) is 1. The number of carbonyl (C=O) groups excluding carboxylic acids is 1. The predicted octanol–water partition coefficient (Wildman–Crippen LogP) is 1.55. The lowest BCUT2D eigenvalue weighted by atomic mass is 10.1. The summed E-state index contributed by atoms with van der Waals surface area (Å²) in [6.45, 7) is 0.207. The lowest BCUT2D eigenvalue weighted by molar-refractivity contribution is -0.117. The summed E-state index contributed by atoms with van der Waals surface area (Å²) in [4.78, 5) is 24.6. The van der Waals surface area contributed by atoms with Crippen LogP contribution >= 0.6 is 31.9 Å². The summed E-state index contributed by atoms with van der Waals surface area (Å²) in [5.41, 5.74) is 0.544. The normalized spacial score (nSPS) is 18.8. The van der Waals surface area contributed by atoms with Crippen LogP contribution in [-0.4, -0.2) is 37.7 Å². The zero-order valence-electron chi connectivity index (χ0n) is 11.1. The van der Waals surface area contributed by atoms with Crippen molar-refractivity contribution in [3.05, 3.63) is 26.6 Å². The van der Waals surface area contributed by atoms with Gasteiger partial charge in [0.2, 0.25) is 15.9 Å². The van der Waals surface area contributed by atoms with Crippen LogP contribution in [0.5, 0.6) is 0 Å². The number of hydrogen-bond donors (Lipinski definition) is 2. The molecule has 3 N–H and O–H groups in total. The zero-order valence-corrected chi connectivity index (χ0v) is 15.1. The highest BCUT2D eigenvalue weighted by Crippen LogP contribution is 2.38. The van der Waals surface area contributed by atoms with Gasteiger partial charge in [0.05, 0.1) is 17.0 Å². The van der Waals surface area contributed by atoms with Gasteiger partial charge in [-0.3, -0.25) is 4.79 Å². The van der Waals surface area contributed by atoms with Gasteiger partial charge >= 0.3 is 5.97 Å². The van der Waals surface area contributed by atoms with E-state index in [-0.39, 0.29) is 36.1 Å². The highest BCUT2D eigenvalue weighted by molar-refractivity contribution is 9.11. The number of nitrogens with two attached hydrogens (primary N) is 1. The van der Waals surface area contributed by atoms with Crippen molar-refractivity contribution in [2.24, 2.45) is 11.1 Å². The minimum absolute atomic E-state index is 0.0650. The van der Waals surface area contributed by atoms with E-state index in [2.05, 4.69) is 31.9 Å². The second kappa shape index (κ2) is 6.26. The summed E-state index contributed by atoms with van der Waals surface area (Å²) in [7, 11) is -3.65. The fourth-order valence-electron chi connectivity index (χ4n) is 2.38. The summed E-state index contributed by atoms with van der Waals surface area (Å²) < 4.78 is 23.2. The van der Waals surface area contributed by atoms with Gasteiger partial charge in [-0.25, -0.2) is 18.4 Å². The van der Waals surface area contributed by atoms with Crippen molar-refractivity contribution in [2.75, 3.05) is 17.2 Å². The van der Waals surface area contributed by atoms with Crippen molar-refractivity contribution < 1.29 is 23.1 Å². The Morgan fingerprint density at radius 3 is 2.36 bits per heavy atom. The third-order valence-corrected chi connectivity index (χ3v) is 5.35. The molecule has 1 atom stereocenters. The van der Waals surface area contributed by atoms with Gasteiger partial charge in [-0.15, -0.1) is 0 Å². The van der Waals surface area contributed by atoms with Crippen molar-refractivity contribution in [3.8, 4) is 0 Å². The number of carboxylic acid groups (broad SMARTS) is 1. The number of rotatable bonds is 4. The summed E-state index contributed by atoms with van der Waals surface area (Å²) in [5, 5.41) is 14.0. The van der Waals surface area contributed by atoms with Crippen molar-refractivity contribution in [3.63, 3.8) is 0 Å². The number of benzene rings is 1. The number of primary sulfonamides is 1. The number of aromatic carboxylic acids is 1. The average Bonchev–Trinajstić information content (AvgIpc) is 2.66. The first-order valence-electron chi connectivity index (χ1n) is 6.11. The first-order valence-corrected chi connectivity index (χ1v) is 9.42. The Hall–Kier alpha value is -0.970. The van der Waals surface area contributed by atoms with Crippen LogP contribution in [0.4, 0.5) is 5.69 Å². The Labute approximate surface area is 143 Å². The number of amides is 1. The fourth-order valence-corrected chi connectivity index (χ4v) is 4.88. The molecule has 1 aromatic rings. The molecule has 0 saturated carbocycles. The maximum atomic E-state index is 12.1. The van der Waals surface area contributed by atoms with Crippen LogP contribution < -0.4 is 10.0 Å². The molecule has 0 aromatic heterocycles. The predicted molar refractivity (Wildman–Crippen MR) is 87.2 cm³/mol. The zero-order chi connectivity index (χ0) is 16.7. The molecular formula is C12H12Br2N2O5S. The van der Waals surface area contributed by atoms with Gasteiger partial charge in [-0.2, -0.15) is 0 Å². The number of sulfonamides is 1. The Morgan fingerprint density at radius 2 is 1.91 bits per heavy atom. The van der Waals surface area contributed by atoms with Crippen molar-refractivity contribution in [1.29, 1.82) is 0 Å². The van der Waals surface area contributed by atoms with Gasteiger partial charge in [0, 0.05) is 27.8 Å². The Morgan fingerprint density at radius 1 is 1.36 bits per heavy atom. The van der Waals surface area contributed by atoms with Gasteiger partial charge in [0.25, 0.3) is 0 Å². The molecule has 22 heavy (non-hydrogen) atoms. The summed E-state index contributed by atoms with van der Waals surface area (Å²) in [6.07, 6.45) is 0.0794. The van der Waals surface area contributed by atoms with Crippen LogP contribution in [0.2, 0.25) is 0 Å². The molecule has 1 saturated heterocycles. The van der Waals surface area contributed by atoms with E-state index in [0.717, 1.165) is 0 Å². The molecule has 2 rings (SSSR count). The van der Waals surface area contributed by atoms with Crippen molar-refractivity contribution >= 4 is 59.4 Å². The molecule has 0 bridgehead atoms. The quantitative estimate of drug-likeness (QED) is 0.713. The Bertz CT molecular complexity index is 727. The van der Waals surface area contributed by atoms with E-state index in [1.165, 1.54) is 17.0 Å². The summed E-state index contributed by atoms with van der Waals surface area (Å²) in [6, 6.07) is 2.78. The van der Waals surface area contributed by atoms with E-state index in [1.54, 1.807) is 0 Å². The van der Waals surface area contributed by atoms with Crippen LogP contribution in [0.25, 0.3) is 0 Å². The van der Waals surface area contributed by atoms with Crippen molar-refractivity contribution in [1.82, 2.24) is 0 Å².